The van der Waals surface area contributed by atoms with Gasteiger partial charge in [-0.3, -0.25) is 0 Å². The van der Waals surface area contributed by atoms with Gasteiger partial charge in [-0.2, -0.15) is 0 Å². The molecule has 1 heterocycles. The summed E-state index contributed by atoms with van der Waals surface area (Å²) in [6, 6.07) is 7.97. The van der Waals surface area contributed by atoms with Crippen molar-refractivity contribution in [3.63, 3.8) is 0 Å². The number of hydrogen-bond donors (Lipinski definition) is 0. The standard InChI is InChI=1S/C29H46O5Si/c1-23-18-20-32-26(21-23)16-17-27(31-6)28(33-22-24-12-14-25(30-5)15-13-24)11-9-10-19-34-35(7,8)29(2,3)4/h9-10,12-18,26-28H,11,19-22H2,1-8H3/t26-,27+,28+/m1/s1. The molecule has 1 aliphatic rings. The molecule has 2 rings (SSSR count). The number of rotatable bonds is 13. The number of methoxy groups -OCH3 is 2. The Morgan fingerprint density at radius 3 is 2.43 bits per heavy atom. The van der Waals surface area contributed by atoms with Gasteiger partial charge in [-0.15, -0.1) is 0 Å². The van der Waals surface area contributed by atoms with Crippen LogP contribution in [0, 0.1) is 0 Å². The fourth-order valence-electron chi connectivity index (χ4n) is 3.48. The lowest BCUT2D eigenvalue weighted by Crippen LogP contribution is -2.40. The van der Waals surface area contributed by atoms with Gasteiger partial charge in [0, 0.05) is 7.11 Å². The number of benzene rings is 1. The van der Waals surface area contributed by atoms with Crippen LogP contribution in [0.2, 0.25) is 18.1 Å². The Balaban J connectivity index is 2.04. The summed E-state index contributed by atoms with van der Waals surface area (Å²) in [6.07, 6.45) is 12.0. The first-order valence-electron chi connectivity index (χ1n) is 12.6. The predicted octanol–water partition coefficient (Wildman–Crippen LogP) is 6.85. The topological polar surface area (TPSA) is 46.2 Å². The Labute approximate surface area is 214 Å². The summed E-state index contributed by atoms with van der Waals surface area (Å²) in [6.45, 7) is 15.3. The minimum atomic E-state index is -1.76. The van der Waals surface area contributed by atoms with E-state index < -0.39 is 8.32 Å². The molecule has 196 valence electrons. The zero-order valence-corrected chi connectivity index (χ0v) is 24.0. The summed E-state index contributed by atoms with van der Waals surface area (Å²) in [5, 5.41) is 0.200. The van der Waals surface area contributed by atoms with Crippen molar-refractivity contribution in [1.82, 2.24) is 0 Å². The molecule has 1 aromatic rings. The van der Waals surface area contributed by atoms with E-state index in [2.05, 4.69) is 71.2 Å². The molecule has 0 aromatic heterocycles. The van der Waals surface area contributed by atoms with Gasteiger partial charge in [0.25, 0.3) is 0 Å². The van der Waals surface area contributed by atoms with E-state index in [0.717, 1.165) is 24.2 Å². The van der Waals surface area contributed by atoms with Crippen molar-refractivity contribution >= 4 is 8.32 Å². The van der Waals surface area contributed by atoms with Crippen molar-refractivity contribution in [2.45, 2.75) is 83.6 Å². The highest BCUT2D eigenvalue weighted by atomic mass is 28.4. The summed E-state index contributed by atoms with van der Waals surface area (Å²) in [5.74, 6) is 0.837. The lowest BCUT2D eigenvalue weighted by molar-refractivity contribution is -0.0420. The van der Waals surface area contributed by atoms with Crippen LogP contribution in [0.3, 0.4) is 0 Å². The fraction of sp³-hybridized carbons (Fsp3) is 0.586. The van der Waals surface area contributed by atoms with Gasteiger partial charge in [0.1, 0.15) is 11.9 Å². The first-order chi connectivity index (χ1) is 16.6. The van der Waals surface area contributed by atoms with E-state index in [-0.39, 0.29) is 23.4 Å². The minimum absolute atomic E-state index is 0.0772. The fourth-order valence-corrected chi connectivity index (χ4v) is 4.42. The molecule has 0 N–H and O–H groups in total. The van der Waals surface area contributed by atoms with Crippen molar-refractivity contribution in [3.05, 3.63) is 65.8 Å². The van der Waals surface area contributed by atoms with Crippen LogP contribution in [-0.4, -0.2) is 54.1 Å². The van der Waals surface area contributed by atoms with E-state index in [4.69, 9.17) is 23.4 Å². The molecule has 0 fully saturated rings. The van der Waals surface area contributed by atoms with Crippen molar-refractivity contribution in [1.29, 1.82) is 0 Å². The molecular formula is C29H46O5Si. The predicted molar refractivity (Wildman–Crippen MR) is 147 cm³/mol. The molecule has 5 nitrogen and oxygen atoms in total. The van der Waals surface area contributed by atoms with Gasteiger partial charge in [-0.25, -0.2) is 0 Å². The maximum absolute atomic E-state index is 6.36. The molecule has 3 atom stereocenters. The van der Waals surface area contributed by atoms with Crippen LogP contribution in [0.1, 0.15) is 46.1 Å². The molecule has 0 spiro atoms. The highest BCUT2D eigenvalue weighted by molar-refractivity contribution is 6.74. The van der Waals surface area contributed by atoms with Crippen LogP contribution in [-0.2, 0) is 25.2 Å². The maximum Gasteiger partial charge on any atom is 0.192 e. The van der Waals surface area contributed by atoms with E-state index in [0.29, 0.717) is 19.8 Å². The second kappa shape index (κ2) is 14.1. The summed E-state index contributed by atoms with van der Waals surface area (Å²) < 4.78 is 29.6. The van der Waals surface area contributed by atoms with Crippen molar-refractivity contribution in [2.75, 3.05) is 27.4 Å². The lowest BCUT2D eigenvalue weighted by atomic mass is 10.0. The second-order valence-corrected chi connectivity index (χ2v) is 15.5. The second-order valence-electron chi connectivity index (χ2n) is 10.7. The van der Waals surface area contributed by atoms with Gasteiger partial charge < -0.3 is 23.4 Å². The van der Waals surface area contributed by atoms with Crippen LogP contribution in [0.25, 0.3) is 0 Å². The van der Waals surface area contributed by atoms with Gasteiger partial charge in [-0.1, -0.05) is 68.9 Å². The molecule has 0 saturated carbocycles. The van der Waals surface area contributed by atoms with E-state index in [1.165, 1.54) is 5.57 Å². The maximum atomic E-state index is 6.36. The molecule has 35 heavy (non-hydrogen) atoms. The quantitative estimate of drug-likeness (QED) is 0.218. The smallest absolute Gasteiger partial charge is 0.192 e. The van der Waals surface area contributed by atoms with Crippen molar-refractivity contribution < 1.29 is 23.4 Å². The Morgan fingerprint density at radius 1 is 1.11 bits per heavy atom. The average molecular weight is 503 g/mol. The highest BCUT2D eigenvalue weighted by Gasteiger charge is 2.36. The zero-order valence-electron chi connectivity index (χ0n) is 23.0. The van der Waals surface area contributed by atoms with E-state index in [1.807, 2.05) is 24.3 Å². The summed E-state index contributed by atoms with van der Waals surface area (Å²) in [4.78, 5) is 0. The van der Waals surface area contributed by atoms with Crippen molar-refractivity contribution in [3.8, 4) is 5.75 Å². The first-order valence-corrected chi connectivity index (χ1v) is 15.5. The van der Waals surface area contributed by atoms with Crippen LogP contribution in [0.4, 0.5) is 0 Å². The molecule has 0 bridgehead atoms. The Morgan fingerprint density at radius 2 is 1.83 bits per heavy atom. The Kier molecular flexibility index (Phi) is 11.9. The molecule has 0 saturated heterocycles. The normalized spacial score (nSPS) is 19.2. The molecule has 6 heteroatoms. The average Bonchev–Trinajstić information content (AvgIpc) is 2.81. The van der Waals surface area contributed by atoms with Crippen molar-refractivity contribution in [2.24, 2.45) is 0 Å². The zero-order chi connectivity index (χ0) is 25.9. The lowest BCUT2D eigenvalue weighted by Gasteiger charge is -2.35. The summed E-state index contributed by atoms with van der Waals surface area (Å²) in [7, 11) is 1.64. The van der Waals surface area contributed by atoms with Crippen LogP contribution >= 0.6 is 0 Å². The van der Waals surface area contributed by atoms with Gasteiger partial charge in [-0.05, 0) is 55.6 Å². The number of hydrogen-bond acceptors (Lipinski definition) is 5. The largest absolute Gasteiger partial charge is 0.497 e. The van der Waals surface area contributed by atoms with Gasteiger partial charge in [0.15, 0.2) is 8.32 Å². The molecule has 1 aromatic carbocycles. The molecule has 0 aliphatic carbocycles. The van der Waals surface area contributed by atoms with Crippen LogP contribution in [0.15, 0.2) is 60.2 Å². The Bertz CT molecular complexity index is 836. The number of ether oxygens (including phenoxy) is 4. The minimum Gasteiger partial charge on any atom is -0.497 e. The van der Waals surface area contributed by atoms with Gasteiger partial charge in [0.2, 0.25) is 0 Å². The monoisotopic (exact) mass is 502 g/mol. The SMILES string of the molecule is COc1ccc(CO[C@@H](CC=CCO[Si](C)(C)C(C)(C)C)[C@H](C=C[C@@H]2CC(C)=CCO2)OC)cc1. The third-order valence-corrected chi connectivity index (χ3v) is 11.4. The van der Waals surface area contributed by atoms with E-state index in [1.54, 1.807) is 14.2 Å². The van der Waals surface area contributed by atoms with Gasteiger partial charge >= 0.3 is 0 Å². The molecule has 1 aliphatic heterocycles. The third-order valence-electron chi connectivity index (χ3n) is 6.92. The van der Waals surface area contributed by atoms with Gasteiger partial charge in [0.05, 0.1) is 39.1 Å². The highest BCUT2D eigenvalue weighted by Crippen LogP contribution is 2.36. The van der Waals surface area contributed by atoms with E-state index >= 15 is 0 Å². The Hall–Kier alpha value is -1.70. The van der Waals surface area contributed by atoms with Crippen LogP contribution < -0.4 is 4.74 Å². The molecule has 0 radical (unpaired) electrons. The molecule has 0 amide bonds. The first kappa shape index (κ1) is 29.5. The van der Waals surface area contributed by atoms with Crippen LogP contribution in [0.5, 0.6) is 5.75 Å². The summed E-state index contributed by atoms with van der Waals surface area (Å²) >= 11 is 0. The van der Waals surface area contributed by atoms with E-state index in [9.17, 15) is 0 Å². The molecular weight excluding hydrogens is 456 g/mol. The third kappa shape index (κ3) is 10.1. The molecule has 0 unspecified atom stereocenters. The summed E-state index contributed by atoms with van der Waals surface area (Å²) in [5.41, 5.74) is 2.45.